The van der Waals surface area contributed by atoms with Crippen LogP contribution in [0.25, 0.3) is 0 Å². The molecule has 1 aliphatic rings. The van der Waals surface area contributed by atoms with Gasteiger partial charge in [-0.3, -0.25) is 0 Å². The summed E-state index contributed by atoms with van der Waals surface area (Å²) < 4.78 is 25.3. The van der Waals surface area contributed by atoms with Crippen LogP contribution in [0.1, 0.15) is 69.0 Å². The molecule has 0 saturated heterocycles. The predicted octanol–water partition coefficient (Wildman–Crippen LogP) is 4.59. The van der Waals surface area contributed by atoms with E-state index in [0.717, 1.165) is 23.0 Å². The molecule has 1 heterocycles. The largest absolute Gasteiger partial charge is 0.345 e. The summed E-state index contributed by atoms with van der Waals surface area (Å²) in [6, 6.07) is 8.67. The molecule has 142 valence electrons. The topological polar surface area (TPSA) is 86.6 Å². The lowest BCUT2D eigenvalue weighted by Gasteiger charge is -2.26. The van der Waals surface area contributed by atoms with E-state index in [1.54, 1.807) is 18.2 Å². The highest BCUT2D eigenvalue weighted by atomic mass is 32.2. The zero-order valence-corrected chi connectivity index (χ0v) is 16.6. The van der Waals surface area contributed by atoms with Crippen LogP contribution in [0.4, 0.5) is 0 Å². The highest BCUT2D eigenvalue weighted by Crippen LogP contribution is 2.37. The van der Waals surface area contributed by atoms with Crippen LogP contribution < -0.4 is 0 Å². The van der Waals surface area contributed by atoms with Crippen molar-refractivity contribution in [3.63, 3.8) is 0 Å². The number of aromatic nitrogens is 2. The minimum Gasteiger partial charge on any atom is -0.345 e. The fourth-order valence-corrected chi connectivity index (χ4v) is 5.11. The van der Waals surface area contributed by atoms with Gasteiger partial charge in [0.1, 0.15) is 5.82 Å². The van der Waals surface area contributed by atoms with Crippen molar-refractivity contribution in [2.75, 3.05) is 0 Å². The van der Waals surface area contributed by atoms with Crippen molar-refractivity contribution < 1.29 is 8.42 Å². The van der Waals surface area contributed by atoms with Crippen LogP contribution in [-0.4, -0.2) is 18.4 Å². The maximum Gasteiger partial charge on any atom is 0.200 e. The molecule has 27 heavy (non-hydrogen) atoms. The van der Waals surface area contributed by atoms with Gasteiger partial charge in [-0.15, -0.1) is 0 Å². The fraction of sp³-hybridized carbons (Fsp3) is 0.429. The first-order valence-corrected chi connectivity index (χ1v) is 10.9. The maximum atomic E-state index is 12.7. The summed E-state index contributed by atoms with van der Waals surface area (Å²) >= 11 is 0. The van der Waals surface area contributed by atoms with Gasteiger partial charge in [0.2, 0.25) is 9.84 Å². The van der Waals surface area contributed by atoms with Crippen molar-refractivity contribution in [1.82, 2.24) is 9.97 Å². The van der Waals surface area contributed by atoms with Gasteiger partial charge >= 0.3 is 0 Å². The van der Waals surface area contributed by atoms with Crippen molar-refractivity contribution >= 4 is 9.84 Å². The molecule has 5 nitrogen and oxygen atoms in total. The number of nitrogens with one attached hydrogen (secondary N) is 1. The van der Waals surface area contributed by atoms with Crippen LogP contribution in [0.3, 0.4) is 0 Å². The Labute approximate surface area is 161 Å². The first-order valence-electron chi connectivity index (χ1n) is 9.32. The number of allylic oxidation sites excluding steroid dienone is 1. The van der Waals surface area contributed by atoms with Gasteiger partial charge in [0.25, 0.3) is 0 Å². The van der Waals surface area contributed by atoms with Crippen LogP contribution in [0.15, 0.2) is 46.8 Å². The Bertz CT molecular complexity index is 975. The molecular formula is C21H25N3O2S. The maximum absolute atomic E-state index is 12.7. The van der Waals surface area contributed by atoms with Gasteiger partial charge in [0.05, 0.1) is 11.0 Å². The van der Waals surface area contributed by atoms with Gasteiger partial charge in [-0.1, -0.05) is 37.5 Å². The van der Waals surface area contributed by atoms with E-state index in [1.165, 1.54) is 32.1 Å². The summed E-state index contributed by atoms with van der Waals surface area (Å²) in [5, 5.41) is 9.65. The van der Waals surface area contributed by atoms with E-state index in [1.807, 2.05) is 32.2 Å². The fourth-order valence-electron chi connectivity index (χ4n) is 3.83. The molecule has 1 aromatic carbocycles. The Hall–Kier alpha value is -2.39. The minimum absolute atomic E-state index is 0.206. The lowest BCUT2D eigenvalue weighted by atomic mass is 9.83. The number of H-pyrrole nitrogens is 1. The number of aromatic amines is 1. The van der Waals surface area contributed by atoms with Crippen LogP contribution in [0, 0.1) is 11.3 Å². The van der Waals surface area contributed by atoms with Crippen LogP contribution in [0.2, 0.25) is 0 Å². The van der Waals surface area contributed by atoms with Crippen molar-refractivity contribution in [3.8, 4) is 6.07 Å². The third-order valence-corrected chi connectivity index (χ3v) is 6.88. The molecule has 6 heteroatoms. The van der Waals surface area contributed by atoms with Gasteiger partial charge in [-0.25, -0.2) is 13.4 Å². The molecule has 3 rings (SSSR count). The third kappa shape index (κ3) is 3.98. The SMILES string of the molecule is CC(C)(c1ncc(C2CCCCC2)[nH]1)c1ccccc1S(=O)(=O)/C=C/C#N. The average molecular weight is 384 g/mol. The Morgan fingerprint density at radius 3 is 2.63 bits per heavy atom. The second-order valence-corrected chi connectivity index (χ2v) is 9.42. The summed E-state index contributed by atoms with van der Waals surface area (Å²) in [5.41, 5.74) is 1.19. The molecule has 0 radical (unpaired) electrons. The van der Waals surface area contributed by atoms with Gasteiger partial charge < -0.3 is 4.98 Å². The Balaban J connectivity index is 2.00. The molecule has 1 fully saturated rings. The number of imidazole rings is 1. The molecule has 0 spiro atoms. The van der Waals surface area contributed by atoms with Gasteiger partial charge in [0, 0.05) is 34.7 Å². The quantitative estimate of drug-likeness (QED) is 0.765. The number of hydrogen-bond donors (Lipinski definition) is 1. The predicted molar refractivity (Wildman–Crippen MR) is 105 cm³/mol. The van der Waals surface area contributed by atoms with E-state index >= 15 is 0 Å². The summed E-state index contributed by atoms with van der Waals surface area (Å²) in [7, 11) is -3.70. The van der Waals surface area contributed by atoms with E-state index in [-0.39, 0.29) is 4.90 Å². The van der Waals surface area contributed by atoms with E-state index in [4.69, 9.17) is 5.26 Å². The second-order valence-electron chi connectivity index (χ2n) is 7.62. The number of nitriles is 1. The molecule has 1 N–H and O–H groups in total. The van der Waals surface area contributed by atoms with Crippen molar-refractivity contribution in [1.29, 1.82) is 5.26 Å². The molecule has 0 bridgehead atoms. The first kappa shape index (κ1) is 19.4. The number of sulfone groups is 1. The minimum atomic E-state index is -3.70. The average Bonchev–Trinajstić information content (AvgIpc) is 3.18. The monoisotopic (exact) mass is 383 g/mol. The lowest BCUT2D eigenvalue weighted by Crippen LogP contribution is -2.23. The van der Waals surface area contributed by atoms with Crippen LogP contribution >= 0.6 is 0 Å². The Morgan fingerprint density at radius 2 is 1.93 bits per heavy atom. The standard InChI is InChI=1S/C21H25N3O2S/c1-21(2,20-23-15-18(24-20)16-9-4-3-5-10-16)17-11-6-7-12-19(17)27(25,26)14-8-13-22/h6-8,11-12,14-16H,3-5,9-10H2,1-2H3,(H,23,24)/b14-8+. The van der Waals surface area contributed by atoms with Gasteiger partial charge in [0.15, 0.2) is 0 Å². The van der Waals surface area contributed by atoms with E-state index in [9.17, 15) is 8.42 Å². The molecule has 1 aliphatic carbocycles. The molecule has 0 aliphatic heterocycles. The van der Waals surface area contributed by atoms with Crippen LogP contribution in [-0.2, 0) is 15.3 Å². The first-order chi connectivity index (χ1) is 12.9. The molecule has 0 unspecified atom stereocenters. The Morgan fingerprint density at radius 1 is 1.22 bits per heavy atom. The summed E-state index contributed by atoms with van der Waals surface area (Å²) in [6.45, 7) is 3.94. The molecule has 1 aromatic heterocycles. The second kappa shape index (κ2) is 7.69. The number of benzene rings is 1. The number of hydrogen-bond acceptors (Lipinski definition) is 4. The van der Waals surface area contributed by atoms with Gasteiger partial charge in [-0.05, 0) is 38.3 Å². The Kier molecular flexibility index (Phi) is 5.52. The van der Waals surface area contributed by atoms with Crippen molar-refractivity contribution in [2.45, 2.75) is 62.2 Å². The van der Waals surface area contributed by atoms with E-state index < -0.39 is 15.3 Å². The van der Waals surface area contributed by atoms with Crippen molar-refractivity contribution in [3.05, 3.63) is 59.0 Å². The number of rotatable bonds is 5. The molecule has 1 saturated carbocycles. The van der Waals surface area contributed by atoms with E-state index in [2.05, 4.69) is 9.97 Å². The lowest BCUT2D eigenvalue weighted by molar-refractivity contribution is 0.436. The normalized spacial score (nSPS) is 16.5. The highest BCUT2D eigenvalue weighted by molar-refractivity contribution is 7.94. The van der Waals surface area contributed by atoms with Gasteiger partial charge in [-0.2, -0.15) is 5.26 Å². The van der Waals surface area contributed by atoms with Crippen LogP contribution in [0.5, 0.6) is 0 Å². The molecule has 0 atom stereocenters. The molecule has 2 aromatic rings. The zero-order valence-electron chi connectivity index (χ0n) is 15.8. The highest BCUT2D eigenvalue weighted by Gasteiger charge is 2.32. The summed E-state index contributed by atoms with van der Waals surface area (Å²) in [4.78, 5) is 8.28. The molecule has 0 amide bonds. The van der Waals surface area contributed by atoms with E-state index in [0.29, 0.717) is 11.5 Å². The smallest absolute Gasteiger partial charge is 0.200 e. The zero-order chi connectivity index (χ0) is 19.5. The molecular weight excluding hydrogens is 358 g/mol. The van der Waals surface area contributed by atoms with Crippen molar-refractivity contribution in [2.24, 2.45) is 0 Å². The number of nitrogens with zero attached hydrogens (tertiary/aromatic N) is 2. The summed E-state index contributed by atoms with van der Waals surface area (Å²) in [6.07, 6.45) is 9.03. The third-order valence-electron chi connectivity index (χ3n) is 5.42. The summed E-state index contributed by atoms with van der Waals surface area (Å²) in [5.74, 6) is 1.27.